The van der Waals surface area contributed by atoms with Crippen LogP contribution < -0.4 is 15.4 Å². The molecule has 0 atom stereocenters. The maximum atomic E-state index is 11.6. The summed E-state index contributed by atoms with van der Waals surface area (Å²) in [6, 6.07) is 11.1. The summed E-state index contributed by atoms with van der Waals surface area (Å²) in [4.78, 5) is 13.8. The number of aliphatic hydroxyl groups is 1. The monoisotopic (exact) mass is 382 g/mol. The molecule has 8 heteroatoms. The standard InChI is InChI=1S/C20H22N4O4/c1-23-19-14(10-22-23)8-13(20(21)26)9-18(19)28-16-4-2-15(3-5-16)24-11-17(12-24)27-7-6-25/h2-5,8-10,17,25H,6-7,11-12H2,1H3,(H2,21,26). The molecule has 0 unspecified atom stereocenters. The first-order valence-corrected chi connectivity index (χ1v) is 9.06. The molecule has 0 saturated carbocycles. The van der Waals surface area contributed by atoms with E-state index >= 15 is 0 Å². The fraction of sp³-hybridized carbons (Fsp3) is 0.300. The number of fused-ring (bicyclic) bond motifs is 1. The van der Waals surface area contributed by atoms with Crippen molar-refractivity contribution in [2.24, 2.45) is 12.8 Å². The van der Waals surface area contributed by atoms with Crippen molar-refractivity contribution in [2.45, 2.75) is 6.10 Å². The van der Waals surface area contributed by atoms with E-state index in [9.17, 15) is 4.79 Å². The fourth-order valence-electron chi connectivity index (χ4n) is 3.33. The minimum absolute atomic E-state index is 0.0451. The zero-order valence-corrected chi connectivity index (χ0v) is 15.5. The number of benzene rings is 2. The summed E-state index contributed by atoms with van der Waals surface area (Å²) in [7, 11) is 1.82. The van der Waals surface area contributed by atoms with E-state index in [1.807, 2.05) is 31.3 Å². The Morgan fingerprint density at radius 2 is 2.04 bits per heavy atom. The molecule has 1 fully saturated rings. The molecule has 28 heavy (non-hydrogen) atoms. The lowest BCUT2D eigenvalue weighted by molar-refractivity contribution is 0.0135. The minimum Gasteiger partial charge on any atom is -0.455 e. The Bertz CT molecular complexity index is 993. The van der Waals surface area contributed by atoms with Crippen molar-refractivity contribution in [1.29, 1.82) is 0 Å². The highest BCUT2D eigenvalue weighted by atomic mass is 16.5. The Kier molecular flexibility index (Phi) is 4.89. The fourth-order valence-corrected chi connectivity index (χ4v) is 3.33. The molecular formula is C20H22N4O4. The number of ether oxygens (including phenoxy) is 2. The summed E-state index contributed by atoms with van der Waals surface area (Å²) in [5.74, 6) is 0.670. The van der Waals surface area contributed by atoms with Gasteiger partial charge < -0.3 is 25.2 Å². The van der Waals surface area contributed by atoms with Crippen molar-refractivity contribution in [1.82, 2.24) is 9.78 Å². The number of amides is 1. The summed E-state index contributed by atoms with van der Waals surface area (Å²) in [5, 5.41) is 13.8. The van der Waals surface area contributed by atoms with E-state index in [-0.39, 0.29) is 12.7 Å². The first kappa shape index (κ1) is 18.3. The van der Waals surface area contributed by atoms with Crippen LogP contribution >= 0.6 is 0 Å². The number of rotatable bonds is 7. The molecule has 3 aromatic rings. The number of aryl methyl sites for hydroxylation is 1. The average molecular weight is 382 g/mol. The highest BCUT2D eigenvalue weighted by Crippen LogP contribution is 2.32. The highest BCUT2D eigenvalue weighted by molar-refractivity contribution is 5.99. The molecule has 2 heterocycles. The van der Waals surface area contributed by atoms with Gasteiger partial charge in [-0.15, -0.1) is 0 Å². The van der Waals surface area contributed by atoms with E-state index < -0.39 is 5.91 Å². The van der Waals surface area contributed by atoms with Crippen LogP contribution in [0.25, 0.3) is 10.9 Å². The van der Waals surface area contributed by atoms with Crippen molar-refractivity contribution in [3.8, 4) is 11.5 Å². The molecule has 0 spiro atoms. The SMILES string of the molecule is Cn1ncc2cc(C(N)=O)cc(Oc3ccc(N4CC(OCCO)C4)cc3)c21. The number of nitrogens with zero attached hydrogens (tertiary/aromatic N) is 3. The van der Waals surface area contributed by atoms with Crippen LogP contribution in [0.2, 0.25) is 0 Å². The zero-order valence-electron chi connectivity index (χ0n) is 15.5. The smallest absolute Gasteiger partial charge is 0.248 e. The van der Waals surface area contributed by atoms with E-state index in [4.69, 9.17) is 20.3 Å². The van der Waals surface area contributed by atoms with Gasteiger partial charge in [0.25, 0.3) is 0 Å². The summed E-state index contributed by atoms with van der Waals surface area (Å²) in [5.41, 5.74) is 7.68. The summed E-state index contributed by atoms with van der Waals surface area (Å²) in [6.07, 6.45) is 1.84. The molecule has 0 bridgehead atoms. The molecule has 1 aliphatic rings. The van der Waals surface area contributed by atoms with Crippen molar-refractivity contribution in [2.75, 3.05) is 31.2 Å². The number of aromatic nitrogens is 2. The molecule has 2 aromatic carbocycles. The third-order valence-corrected chi connectivity index (χ3v) is 4.81. The molecule has 0 aliphatic carbocycles. The van der Waals surface area contributed by atoms with Crippen LogP contribution in [-0.2, 0) is 11.8 Å². The van der Waals surface area contributed by atoms with Crippen molar-refractivity contribution >= 4 is 22.5 Å². The molecule has 3 N–H and O–H groups in total. The predicted octanol–water partition coefficient (Wildman–Crippen LogP) is 1.66. The number of carbonyl (C=O) groups excluding carboxylic acids is 1. The summed E-state index contributed by atoms with van der Waals surface area (Å²) < 4.78 is 13.2. The second-order valence-corrected chi connectivity index (χ2v) is 6.76. The molecule has 1 aliphatic heterocycles. The number of hydrogen-bond donors (Lipinski definition) is 2. The quantitative estimate of drug-likeness (QED) is 0.644. The van der Waals surface area contributed by atoms with Crippen LogP contribution in [0.1, 0.15) is 10.4 Å². The van der Waals surface area contributed by atoms with Crippen LogP contribution in [0.15, 0.2) is 42.6 Å². The van der Waals surface area contributed by atoms with Gasteiger partial charge in [0, 0.05) is 36.8 Å². The largest absolute Gasteiger partial charge is 0.455 e. The second-order valence-electron chi connectivity index (χ2n) is 6.76. The van der Waals surface area contributed by atoms with Crippen LogP contribution in [0.4, 0.5) is 5.69 Å². The molecule has 1 amide bonds. The molecule has 1 saturated heterocycles. The van der Waals surface area contributed by atoms with Crippen LogP contribution in [0.3, 0.4) is 0 Å². The van der Waals surface area contributed by atoms with Gasteiger partial charge in [-0.25, -0.2) is 0 Å². The summed E-state index contributed by atoms with van der Waals surface area (Å²) in [6.45, 7) is 2.02. The van der Waals surface area contributed by atoms with Gasteiger partial charge in [0.15, 0.2) is 5.75 Å². The van der Waals surface area contributed by atoms with E-state index in [1.54, 1.807) is 23.0 Å². The van der Waals surface area contributed by atoms with E-state index in [0.29, 0.717) is 23.7 Å². The Balaban J connectivity index is 1.51. The number of carbonyl (C=O) groups is 1. The third-order valence-electron chi connectivity index (χ3n) is 4.81. The van der Waals surface area contributed by atoms with Crippen molar-refractivity contribution < 1.29 is 19.4 Å². The molecule has 0 radical (unpaired) electrons. The number of aliphatic hydroxyl groups excluding tert-OH is 1. The average Bonchev–Trinajstić information content (AvgIpc) is 3.03. The van der Waals surface area contributed by atoms with Gasteiger partial charge in [0.1, 0.15) is 11.3 Å². The molecule has 1 aromatic heterocycles. The lowest BCUT2D eigenvalue weighted by Gasteiger charge is -2.40. The van der Waals surface area contributed by atoms with Crippen LogP contribution in [-0.4, -0.2) is 53.2 Å². The second kappa shape index (κ2) is 7.49. The lowest BCUT2D eigenvalue weighted by Crippen LogP contribution is -2.52. The van der Waals surface area contributed by atoms with Crippen LogP contribution in [0.5, 0.6) is 11.5 Å². The first-order valence-electron chi connectivity index (χ1n) is 9.06. The van der Waals surface area contributed by atoms with Gasteiger partial charge in [-0.3, -0.25) is 9.48 Å². The maximum Gasteiger partial charge on any atom is 0.248 e. The predicted molar refractivity (Wildman–Crippen MR) is 105 cm³/mol. The molecule has 8 nitrogen and oxygen atoms in total. The highest BCUT2D eigenvalue weighted by Gasteiger charge is 2.27. The van der Waals surface area contributed by atoms with Gasteiger partial charge in [-0.2, -0.15) is 5.10 Å². The van der Waals surface area contributed by atoms with Gasteiger partial charge in [0.2, 0.25) is 5.91 Å². The normalized spacial score (nSPS) is 14.3. The third kappa shape index (κ3) is 3.51. The number of hydrogen-bond acceptors (Lipinski definition) is 6. The Morgan fingerprint density at radius 3 is 2.71 bits per heavy atom. The van der Waals surface area contributed by atoms with Gasteiger partial charge >= 0.3 is 0 Å². The molecule has 4 rings (SSSR count). The van der Waals surface area contributed by atoms with Gasteiger partial charge in [-0.05, 0) is 36.4 Å². The number of primary amides is 1. The van der Waals surface area contributed by atoms with Gasteiger partial charge in [0.05, 0.1) is 25.5 Å². The van der Waals surface area contributed by atoms with Gasteiger partial charge in [-0.1, -0.05) is 0 Å². The lowest BCUT2D eigenvalue weighted by atomic mass is 10.1. The Morgan fingerprint density at radius 1 is 1.29 bits per heavy atom. The van der Waals surface area contributed by atoms with E-state index in [2.05, 4.69) is 10.00 Å². The van der Waals surface area contributed by atoms with E-state index in [1.165, 1.54) is 0 Å². The van der Waals surface area contributed by atoms with E-state index in [0.717, 1.165) is 29.7 Å². The topological polar surface area (TPSA) is 103 Å². The van der Waals surface area contributed by atoms with Crippen molar-refractivity contribution in [3.63, 3.8) is 0 Å². The van der Waals surface area contributed by atoms with Crippen LogP contribution in [0, 0.1) is 0 Å². The summed E-state index contributed by atoms with van der Waals surface area (Å²) >= 11 is 0. The van der Waals surface area contributed by atoms with Crippen molar-refractivity contribution in [3.05, 3.63) is 48.2 Å². The zero-order chi connectivity index (χ0) is 19.7. The maximum absolute atomic E-state index is 11.6. The molecule has 146 valence electrons. The Hall–Kier alpha value is -3.10. The first-order chi connectivity index (χ1) is 13.5. The molecular weight excluding hydrogens is 360 g/mol. The Labute approximate surface area is 162 Å². The number of anilines is 1. The number of nitrogens with two attached hydrogens (primary N) is 1. The minimum atomic E-state index is -0.512.